The van der Waals surface area contributed by atoms with Crippen molar-refractivity contribution in [2.45, 2.75) is 71.0 Å². The molecular formula is C25H31ClN2O2. The molecule has 0 aromatic heterocycles. The smallest absolute Gasteiger partial charge is 0.242 e. The number of hydrogen-bond acceptors (Lipinski definition) is 2. The first-order valence-corrected chi connectivity index (χ1v) is 11.2. The van der Waals surface area contributed by atoms with Gasteiger partial charge in [-0.05, 0) is 43.9 Å². The number of aryl methyl sites for hydroxylation is 1. The van der Waals surface area contributed by atoms with E-state index in [9.17, 15) is 9.59 Å². The minimum absolute atomic E-state index is 0.0770. The van der Waals surface area contributed by atoms with Crippen molar-refractivity contribution in [2.75, 3.05) is 0 Å². The fourth-order valence-corrected chi connectivity index (χ4v) is 4.26. The topological polar surface area (TPSA) is 49.4 Å². The Bertz CT molecular complexity index is 877. The highest BCUT2D eigenvalue weighted by molar-refractivity contribution is 6.31. The summed E-state index contributed by atoms with van der Waals surface area (Å²) in [6.07, 6.45) is 5.81. The molecule has 160 valence electrons. The predicted molar refractivity (Wildman–Crippen MR) is 121 cm³/mol. The van der Waals surface area contributed by atoms with E-state index in [1.165, 1.54) is 6.42 Å². The molecular weight excluding hydrogens is 396 g/mol. The van der Waals surface area contributed by atoms with Crippen molar-refractivity contribution in [1.82, 2.24) is 10.2 Å². The second-order valence-electron chi connectivity index (χ2n) is 8.30. The second-order valence-corrected chi connectivity index (χ2v) is 8.71. The molecule has 0 bridgehead atoms. The number of nitrogens with one attached hydrogen (secondary N) is 1. The van der Waals surface area contributed by atoms with Gasteiger partial charge in [0.15, 0.2) is 0 Å². The molecule has 4 nitrogen and oxygen atoms in total. The van der Waals surface area contributed by atoms with E-state index in [4.69, 9.17) is 11.6 Å². The van der Waals surface area contributed by atoms with Crippen LogP contribution in [0.3, 0.4) is 0 Å². The van der Waals surface area contributed by atoms with E-state index in [1.807, 2.05) is 62.4 Å². The van der Waals surface area contributed by atoms with Gasteiger partial charge in [-0.1, -0.05) is 78.9 Å². The highest BCUT2D eigenvalue weighted by Gasteiger charge is 2.28. The Labute approximate surface area is 184 Å². The lowest BCUT2D eigenvalue weighted by molar-refractivity contribution is -0.140. The SMILES string of the molecule is Cc1cccc(CC(=O)N(Cc2ccccc2Cl)[C@H](C)C(=O)NC2CCCCC2)c1. The average Bonchev–Trinajstić information content (AvgIpc) is 2.73. The molecule has 1 atom stereocenters. The van der Waals surface area contributed by atoms with Gasteiger partial charge in [-0.25, -0.2) is 0 Å². The van der Waals surface area contributed by atoms with Gasteiger partial charge >= 0.3 is 0 Å². The van der Waals surface area contributed by atoms with Gasteiger partial charge in [0, 0.05) is 17.6 Å². The van der Waals surface area contributed by atoms with Crippen molar-refractivity contribution in [1.29, 1.82) is 0 Å². The Balaban J connectivity index is 1.77. The summed E-state index contributed by atoms with van der Waals surface area (Å²) in [5.41, 5.74) is 2.90. The number of amides is 2. The summed E-state index contributed by atoms with van der Waals surface area (Å²) >= 11 is 6.36. The highest BCUT2D eigenvalue weighted by Crippen LogP contribution is 2.21. The lowest BCUT2D eigenvalue weighted by atomic mass is 9.95. The monoisotopic (exact) mass is 426 g/mol. The fraction of sp³-hybridized carbons (Fsp3) is 0.440. The van der Waals surface area contributed by atoms with Crippen LogP contribution in [0, 0.1) is 6.92 Å². The predicted octanol–water partition coefficient (Wildman–Crippen LogP) is 5.06. The summed E-state index contributed by atoms with van der Waals surface area (Å²) in [5.74, 6) is -0.168. The Morgan fingerprint density at radius 1 is 1.10 bits per heavy atom. The molecule has 0 radical (unpaired) electrons. The summed E-state index contributed by atoms with van der Waals surface area (Å²) in [5, 5.41) is 3.76. The van der Waals surface area contributed by atoms with Gasteiger partial charge in [-0.15, -0.1) is 0 Å². The zero-order valence-electron chi connectivity index (χ0n) is 17.9. The molecule has 1 aliphatic carbocycles. The maximum absolute atomic E-state index is 13.3. The molecule has 0 heterocycles. The molecule has 1 saturated carbocycles. The molecule has 2 aromatic rings. The lowest BCUT2D eigenvalue weighted by Gasteiger charge is -2.31. The molecule has 1 aliphatic rings. The van der Waals surface area contributed by atoms with Crippen LogP contribution in [0.5, 0.6) is 0 Å². The molecule has 2 amide bonds. The van der Waals surface area contributed by atoms with Gasteiger partial charge in [0.25, 0.3) is 0 Å². The molecule has 30 heavy (non-hydrogen) atoms. The number of hydrogen-bond donors (Lipinski definition) is 1. The number of rotatable bonds is 7. The summed E-state index contributed by atoms with van der Waals surface area (Å²) in [6, 6.07) is 15.0. The minimum Gasteiger partial charge on any atom is -0.352 e. The van der Waals surface area contributed by atoms with Crippen molar-refractivity contribution < 1.29 is 9.59 Å². The third-order valence-electron chi connectivity index (χ3n) is 5.86. The standard InChI is InChI=1S/C25H31ClN2O2/c1-18-9-8-10-20(15-18)16-24(29)28(17-21-11-6-7-14-23(21)26)19(2)25(30)27-22-12-4-3-5-13-22/h6-11,14-15,19,22H,3-5,12-13,16-17H2,1-2H3,(H,27,30)/t19-/m1/s1. The lowest BCUT2D eigenvalue weighted by Crippen LogP contribution is -2.50. The molecule has 5 heteroatoms. The van der Waals surface area contributed by atoms with Gasteiger partial charge in [-0.3, -0.25) is 9.59 Å². The van der Waals surface area contributed by atoms with E-state index in [0.717, 1.165) is 42.4 Å². The van der Waals surface area contributed by atoms with Crippen LogP contribution < -0.4 is 5.32 Å². The van der Waals surface area contributed by atoms with Crippen LogP contribution in [-0.2, 0) is 22.6 Å². The van der Waals surface area contributed by atoms with E-state index >= 15 is 0 Å². The minimum atomic E-state index is -0.569. The first-order chi connectivity index (χ1) is 14.4. The van der Waals surface area contributed by atoms with Crippen molar-refractivity contribution in [2.24, 2.45) is 0 Å². The fourth-order valence-electron chi connectivity index (χ4n) is 4.06. The average molecular weight is 427 g/mol. The third-order valence-corrected chi connectivity index (χ3v) is 6.22. The summed E-state index contributed by atoms with van der Waals surface area (Å²) in [6.45, 7) is 4.13. The van der Waals surface area contributed by atoms with Crippen LogP contribution in [-0.4, -0.2) is 28.8 Å². The molecule has 0 spiro atoms. The van der Waals surface area contributed by atoms with Crippen LogP contribution in [0.2, 0.25) is 5.02 Å². The normalized spacial score (nSPS) is 15.4. The van der Waals surface area contributed by atoms with E-state index in [0.29, 0.717) is 11.6 Å². The van der Waals surface area contributed by atoms with Gasteiger partial charge in [0.05, 0.1) is 6.42 Å². The Morgan fingerprint density at radius 2 is 1.83 bits per heavy atom. The molecule has 0 saturated heterocycles. The van der Waals surface area contributed by atoms with Crippen molar-refractivity contribution in [3.63, 3.8) is 0 Å². The molecule has 0 unspecified atom stereocenters. The van der Waals surface area contributed by atoms with E-state index in [1.54, 1.807) is 4.90 Å². The van der Waals surface area contributed by atoms with Crippen LogP contribution in [0.4, 0.5) is 0 Å². The summed E-state index contributed by atoms with van der Waals surface area (Å²) in [7, 11) is 0. The number of nitrogens with zero attached hydrogens (tertiary/aromatic N) is 1. The molecule has 2 aromatic carbocycles. The highest BCUT2D eigenvalue weighted by atomic mass is 35.5. The van der Waals surface area contributed by atoms with Crippen LogP contribution in [0.15, 0.2) is 48.5 Å². The first kappa shape index (κ1) is 22.4. The summed E-state index contributed by atoms with van der Waals surface area (Å²) in [4.78, 5) is 27.9. The zero-order chi connectivity index (χ0) is 21.5. The number of carbonyl (C=O) groups is 2. The maximum atomic E-state index is 13.3. The van der Waals surface area contributed by atoms with Crippen molar-refractivity contribution in [3.8, 4) is 0 Å². The molecule has 1 N–H and O–H groups in total. The molecule has 0 aliphatic heterocycles. The zero-order valence-corrected chi connectivity index (χ0v) is 18.6. The van der Waals surface area contributed by atoms with Gasteiger partial charge in [0.1, 0.15) is 6.04 Å². The van der Waals surface area contributed by atoms with Crippen molar-refractivity contribution >= 4 is 23.4 Å². The van der Waals surface area contributed by atoms with Crippen LogP contribution in [0.1, 0.15) is 55.7 Å². The Kier molecular flexibility index (Phi) is 7.92. The largest absolute Gasteiger partial charge is 0.352 e. The van der Waals surface area contributed by atoms with E-state index in [2.05, 4.69) is 5.32 Å². The van der Waals surface area contributed by atoms with Gasteiger partial charge < -0.3 is 10.2 Å². The first-order valence-electron chi connectivity index (χ1n) is 10.8. The van der Waals surface area contributed by atoms with Gasteiger partial charge in [-0.2, -0.15) is 0 Å². The number of benzene rings is 2. The maximum Gasteiger partial charge on any atom is 0.242 e. The van der Waals surface area contributed by atoms with E-state index < -0.39 is 6.04 Å². The van der Waals surface area contributed by atoms with Crippen molar-refractivity contribution in [3.05, 3.63) is 70.2 Å². The van der Waals surface area contributed by atoms with Crippen LogP contribution >= 0.6 is 11.6 Å². The Hall–Kier alpha value is -2.33. The van der Waals surface area contributed by atoms with Crippen LogP contribution in [0.25, 0.3) is 0 Å². The second kappa shape index (κ2) is 10.6. The number of halogens is 1. The van der Waals surface area contributed by atoms with E-state index in [-0.39, 0.29) is 24.3 Å². The molecule has 1 fully saturated rings. The summed E-state index contributed by atoms with van der Waals surface area (Å²) < 4.78 is 0. The van der Waals surface area contributed by atoms with Gasteiger partial charge in [0.2, 0.25) is 11.8 Å². The number of carbonyl (C=O) groups excluding carboxylic acids is 2. The quantitative estimate of drug-likeness (QED) is 0.672. The Morgan fingerprint density at radius 3 is 2.53 bits per heavy atom. The third kappa shape index (κ3) is 6.09. The molecule has 3 rings (SSSR count).